The van der Waals surface area contributed by atoms with Gasteiger partial charge in [0.1, 0.15) is 5.75 Å². The van der Waals surface area contributed by atoms with Crippen molar-refractivity contribution in [2.45, 2.75) is 25.8 Å². The Kier molecular flexibility index (Phi) is 7.05. The van der Waals surface area contributed by atoms with Gasteiger partial charge in [0.15, 0.2) is 0 Å². The first-order chi connectivity index (χ1) is 16.0. The minimum Gasteiger partial charge on any atom is -0.497 e. The van der Waals surface area contributed by atoms with E-state index in [-0.39, 0.29) is 11.5 Å². The smallest absolute Gasteiger partial charge is 0.255 e. The molecule has 3 aromatic rings. The van der Waals surface area contributed by atoms with Gasteiger partial charge in [0, 0.05) is 18.2 Å². The molecule has 1 aliphatic rings. The second-order valence-corrected chi connectivity index (χ2v) is 8.30. The molecule has 3 N–H and O–H groups in total. The van der Waals surface area contributed by atoms with E-state index in [0.717, 1.165) is 36.3 Å². The molecule has 33 heavy (non-hydrogen) atoms. The maximum absolute atomic E-state index is 13.2. The normalized spacial score (nSPS) is 14.0. The number of benzene rings is 3. The van der Waals surface area contributed by atoms with Gasteiger partial charge in [-0.1, -0.05) is 42.8 Å². The molecule has 0 unspecified atom stereocenters. The summed E-state index contributed by atoms with van der Waals surface area (Å²) in [4.78, 5) is 27.4. The topological polar surface area (TPSA) is 84.7 Å². The van der Waals surface area contributed by atoms with E-state index in [1.54, 1.807) is 18.2 Å². The van der Waals surface area contributed by atoms with Crippen molar-refractivity contribution in [3.05, 3.63) is 83.4 Å². The zero-order chi connectivity index (χ0) is 23.2. The molecule has 0 bridgehead atoms. The Bertz CT molecular complexity index is 1140. The van der Waals surface area contributed by atoms with Crippen LogP contribution in [0.3, 0.4) is 0 Å². The molecule has 4 rings (SSSR count). The number of methoxy groups -OCH3 is 1. The number of carbonyl (C=O) groups excluding carboxylic acids is 2. The molecule has 1 aliphatic heterocycles. The molecule has 6 nitrogen and oxygen atoms in total. The zero-order valence-electron chi connectivity index (χ0n) is 18.8. The van der Waals surface area contributed by atoms with Gasteiger partial charge in [-0.2, -0.15) is 0 Å². The molecule has 0 spiro atoms. The monoisotopic (exact) mass is 443 g/mol. The highest BCUT2D eigenvalue weighted by molar-refractivity contribution is 6.09. The van der Waals surface area contributed by atoms with Gasteiger partial charge in [0.05, 0.1) is 18.4 Å². The number of ether oxygens (including phenoxy) is 1. The van der Waals surface area contributed by atoms with Gasteiger partial charge in [-0.15, -0.1) is 0 Å². The number of piperidine rings is 1. The number of likely N-dealkylation sites (tertiary alicyclic amines) is 1. The molecule has 0 aromatic heterocycles. The van der Waals surface area contributed by atoms with Crippen LogP contribution in [0.5, 0.6) is 5.75 Å². The van der Waals surface area contributed by atoms with Gasteiger partial charge in [-0.25, -0.2) is 0 Å². The number of anilines is 1. The summed E-state index contributed by atoms with van der Waals surface area (Å²) in [6, 6.07) is 20.8. The number of rotatable bonds is 7. The molecule has 2 amide bonds. The quantitative estimate of drug-likeness (QED) is 0.554. The number of amides is 2. The van der Waals surface area contributed by atoms with Gasteiger partial charge in [0.2, 0.25) is 0 Å². The van der Waals surface area contributed by atoms with Crippen LogP contribution in [0.4, 0.5) is 5.69 Å². The molecule has 0 atom stereocenters. The Balaban J connectivity index is 1.66. The van der Waals surface area contributed by atoms with E-state index in [9.17, 15) is 9.59 Å². The van der Waals surface area contributed by atoms with Crippen LogP contribution in [0.2, 0.25) is 0 Å². The largest absolute Gasteiger partial charge is 0.497 e. The fraction of sp³-hybridized carbons (Fsp3) is 0.259. The number of hydrogen-bond acceptors (Lipinski definition) is 4. The van der Waals surface area contributed by atoms with Gasteiger partial charge in [0.25, 0.3) is 11.8 Å². The number of nitrogens with zero attached hydrogens (tertiary/aromatic N) is 1. The summed E-state index contributed by atoms with van der Waals surface area (Å²) in [7, 11) is 1.53. The van der Waals surface area contributed by atoms with Crippen molar-refractivity contribution in [1.29, 1.82) is 0 Å². The number of primary amides is 1. The summed E-state index contributed by atoms with van der Waals surface area (Å²) in [5, 5.41) is 2.84. The van der Waals surface area contributed by atoms with Crippen LogP contribution in [0, 0.1) is 0 Å². The summed E-state index contributed by atoms with van der Waals surface area (Å²) in [6.45, 7) is 2.92. The van der Waals surface area contributed by atoms with E-state index in [0.29, 0.717) is 17.0 Å². The maximum atomic E-state index is 13.2. The Morgan fingerprint density at radius 1 is 0.970 bits per heavy atom. The first-order valence-electron chi connectivity index (χ1n) is 11.2. The highest BCUT2D eigenvalue weighted by Crippen LogP contribution is 2.28. The standard InChI is InChI=1S/C27H29N3O3/c1-33-22-11-13-24(26(28)31)25(17-22)29-27(32)20-10-12-23(19-8-4-2-5-9-19)21(16-20)18-30-14-6-3-7-15-30/h2,4-5,8-13,16-17H,3,6-7,14-15,18H2,1H3,(H2,28,31)(H,29,32). The molecular formula is C27H29N3O3. The molecule has 1 fully saturated rings. The summed E-state index contributed by atoms with van der Waals surface area (Å²) in [5.41, 5.74) is 9.94. The maximum Gasteiger partial charge on any atom is 0.255 e. The summed E-state index contributed by atoms with van der Waals surface area (Å²) >= 11 is 0. The molecule has 3 aromatic carbocycles. The lowest BCUT2D eigenvalue weighted by Gasteiger charge is -2.27. The van der Waals surface area contributed by atoms with Crippen molar-refractivity contribution < 1.29 is 14.3 Å². The Morgan fingerprint density at radius 3 is 2.42 bits per heavy atom. The zero-order valence-corrected chi connectivity index (χ0v) is 18.8. The Hall–Kier alpha value is -3.64. The van der Waals surface area contributed by atoms with Gasteiger partial charge >= 0.3 is 0 Å². The molecule has 6 heteroatoms. The second kappa shape index (κ2) is 10.3. The molecule has 0 saturated carbocycles. The number of nitrogens with one attached hydrogen (secondary N) is 1. The predicted octanol–water partition coefficient (Wildman–Crippen LogP) is 4.70. The van der Waals surface area contributed by atoms with Crippen molar-refractivity contribution >= 4 is 17.5 Å². The van der Waals surface area contributed by atoms with Crippen LogP contribution in [-0.2, 0) is 6.54 Å². The van der Waals surface area contributed by atoms with Crippen LogP contribution < -0.4 is 15.8 Å². The highest BCUT2D eigenvalue weighted by atomic mass is 16.5. The van der Waals surface area contributed by atoms with Crippen molar-refractivity contribution in [2.75, 3.05) is 25.5 Å². The van der Waals surface area contributed by atoms with E-state index in [1.165, 1.54) is 26.4 Å². The number of hydrogen-bond donors (Lipinski definition) is 2. The second-order valence-electron chi connectivity index (χ2n) is 8.30. The predicted molar refractivity (Wildman–Crippen MR) is 130 cm³/mol. The van der Waals surface area contributed by atoms with E-state index >= 15 is 0 Å². The van der Waals surface area contributed by atoms with E-state index in [2.05, 4.69) is 22.3 Å². The average molecular weight is 444 g/mol. The number of nitrogens with two attached hydrogens (primary N) is 1. The van der Waals surface area contributed by atoms with Gasteiger partial charge in [-0.3, -0.25) is 14.5 Å². The van der Waals surface area contributed by atoms with Crippen LogP contribution in [-0.4, -0.2) is 36.9 Å². The molecular weight excluding hydrogens is 414 g/mol. The average Bonchev–Trinajstić information content (AvgIpc) is 2.85. The third-order valence-electron chi connectivity index (χ3n) is 6.04. The van der Waals surface area contributed by atoms with Crippen LogP contribution in [0.25, 0.3) is 11.1 Å². The first-order valence-corrected chi connectivity index (χ1v) is 11.2. The lowest BCUT2D eigenvalue weighted by molar-refractivity contribution is 0.100. The highest BCUT2D eigenvalue weighted by Gasteiger charge is 2.18. The van der Waals surface area contributed by atoms with Crippen LogP contribution in [0.1, 0.15) is 45.5 Å². The molecule has 0 radical (unpaired) electrons. The molecule has 170 valence electrons. The third-order valence-corrected chi connectivity index (χ3v) is 6.04. The van der Waals surface area contributed by atoms with E-state index in [1.807, 2.05) is 36.4 Å². The summed E-state index contributed by atoms with van der Waals surface area (Å²) < 4.78 is 5.24. The minimum absolute atomic E-state index is 0.235. The van der Waals surface area contributed by atoms with Crippen molar-refractivity contribution in [1.82, 2.24) is 4.90 Å². The van der Waals surface area contributed by atoms with Gasteiger partial charge < -0.3 is 15.8 Å². The van der Waals surface area contributed by atoms with Crippen LogP contribution in [0.15, 0.2) is 66.7 Å². The fourth-order valence-corrected chi connectivity index (χ4v) is 4.29. The molecule has 0 aliphatic carbocycles. The molecule has 1 heterocycles. The molecule has 1 saturated heterocycles. The Morgan fingerprint density at radius 2 is 1.73 bits per heavy atom. The first kappa shape index (κ1) is 22.6. The SMILES string of the molecule is COc1ccc(C(N)=O)c(NC(=O)c2ccc(-c3ccccc3)c(CN3CCCCC3)c2)c1. The minimum atomic E-state index is -0.613. The van der Waals surface area contributed by atoms with Crippen molar-refractivity contribution in [3.63, 3.8) is 0 Å². The van der Waals surface area contributed by atoms with Crippen molar-refractivity contribution in [2.24, 2.45) is 5.73 Å². The Labute approximate surface area is 194 Å². The third kappa shape index (κ3) is 5.41. The fourth-order valence-electron chi connectivity index (χ4n) is 4.29. The lowest BCUT2D eigenvalue weighted by atomic mass is 9.96. The lowest BCUT2D eigenvalue weighted by Crippen LogP contribution is -2.29. The van der Waals surface area contributed by atoms with E-state index in [4.69, 9.17) is 10.5 Å². The van der Waals surface area contributed by atoms with Crippen molar-refractivity contribution in [3.8, 4) is 16.9 Å². The summed E-state index contributed by atoms with van der Waals surface area (Å²) in [6.07, 6.45) is 3.67. The van der Waals surface area contributed by atoms with Gasteiger partial charge in [-0.05, 0) is 66.9 Å². The van der Waals surface area contributed by atoms with E-state index < -0.39 is 5.91 Å². The van der Waals surface area contributed by atoms with Crippen LogP contribution >= 0.6 is 0 Å². The number of carbonyl (C=O) groups is 2. The summed E-state index contributed by atoms with van der Waals surface area (Å²) in [5.74, 6) is -0.385.